The van der Waals surface area contributed by atoms with Gasteiger partial charge < -0.3 is 9.52 Å². The number of hydrogen-bond donors (Lipinski definition) is 1. The van der Waals surface area contributed by atoms with E-state index in [-0.39, 0.29) is 0 Å². The normalized spacial score (nSPS) is 22.0. The highest BCUT2D eigenvalue weighted by atomic mass is 16.3. The molecule has 2 aromatic rings. The van der Waals surface area contributed by atoms with Crippen LogP contribution in [0.5, 0.6) is 0 Å². The highest BCUT2D eigenvalue weighted by molar-refractivity contribution is 5.40. The number of rotatable bonds is 3. The lowest BCUT2D eigenvalue weighted by Crippen LogP contribution is -2.31. The molecule has 1 aromatic heterocycles. The first-order chi connectivity index (χ1) is 9.59. The summed E-state index contributed by atoms with van der Waals surface area (Å²) in [5, 5.41) is 11.2. The Kier molecular flexibility index (Phi) is 3.43. The molecule has 0 amide bonds. The lowest BCUT2D eigenvalue weighted by Gasteiger charge is -2.32. The van der Waals surface area contributed by atoms with Crippen LogP contribution in [0.25, 0.3) is 0 Å². The molecule has 1 unspecified atom stereocenters. The van der Waals surface area contributed by atoms with Gasteiger partial charge in [-0.25, -0.2) is 0 Å². The Bertz CT molecular complexity index is 597. The first-order valence-electron chi connectivity index (χ1n) is 7.48. The monoisotopic (exact) mass is 270 g/mol. The minimum Gasteiger partial charge on any atom is -0.469 e. The molecule has 1 atom stereocenters. The van der Waals surface area contributed by atoms with Crippen LogP contribution in [0, 0.1) is 5.92 Å². The predicted octanol–water partition coefficient (Wildman–Crippen LogP) is 4.05. The van der Waals surface area contributed by atoms with Crippen LogP contribution in [0.15, 0.2) is 41.0 Å². The Labute approximate surface area is 120 Å². The van der Waals surface area contributed by atoms with Crippen molar-refractivity contribution in [3.8, 4) is 0 Å². The molecule has 1 aliphatic carbocycles. The van der Waals surface area contributed by atoms with E-state index < -0.39 is 5.60 Å². The molecule has 1 aromatic carbocycles. The van der Waals surface area contributed by atoms with E-state index in [1.165, 1.54) is 5.56 Å². The summed E-state index contributed by atoms with van der Waals surface area (Å²) in [6.07, 6.45) is 5.40. The molecule has 20 heavy (non-hydrogen) atoms. The number of furan rings is 1. The Morgan fingerprint density at radius 1 is 1.30 bits per heavy atom. The third-order valence-corrected chi connectivity index (χ3v) is 4.18. The lowest BCUT2D eigenvalue weighted by atomic mass is 9.77. The number of hydrogen-bond acceptors (Lipinski definition) is 2. The van der Waals surface area contributed by atoms with Gasteiger partial charge >= 0.3 is 0 Å². The summed E-state index contributed by atoms with van der Waals surface area (Å²) < 4.78 is 5.51. The second kappa shape index (κ2) is 5.10. The van der Waals surface area contributed by atoms with Crippen molar-refractivity contribution in [2.45, 2.75) is 45.1 Å². The molecule has 1 aliphatic rings. The zero-order valence-corrected chi connectivity index (χ0v) is 12.2. The molecule has 0 radical (unpaired) electrons. The van der Waals surface area contributed by atoms with Gasteiger partial charge in [-0.05, 0) is 42.4 Å². The van der Waals surface area contributed by atoms with Crippen molar-refractivity contribution in [1.82, 2.24) is 0 Å². The maximum atomic E-state index is 11.2. The molecule has 2 heteroatoms. The van der Waals surface area contributed by atoms with E-state index >= 15 is 0 Å². The van der Waals surface area contributed by atoms with E-state index in [0.717, 1.165) is 42.6 Å². The third-order valence-electron chi connectivity index (χ3n) is 4.18. The molecule has 1 N–H and O–H groups in total. The number of aryl methyl sites for hydroxylation is 1. The maximum absolute atomic E-state index is 11.2. The third kappa shape index (κ3) is 2.29. The van der Waals surface area contributed by atoms with E-state index in [1.54, 1.807) is 6.26 Å². The van der Waals surface area contributed by atoms with Gasteiger partial charge in [0.1, 0.15) is 11.4 Å². The van der Waals surface area contributed by atoms with E-state index in [4.69, 9.17) is 4.42 Å². The van der Waals surface area contributed by atoms with Gasteiger partial charge in [-0.15, -0.1) is 0 Å². The minimum atomic E-state index is -0.881. The van der Waals surface area contributed by atoms with Gasteiger partial charge in [-0.3, -0.25) is 0 Å². The van der Waals surface area contributed by atoms with Crippen LogP contribution in [-0.2, 0) is 18.4 Å². The molecular weight excluding hydrogens is 248 g/mol. The van der Waals surface area contributed by atoms with Gasteiger partial charge in [-0.2, -0.15) is 0 Å². The van der Waals surface area contributed by atoms with Crippen LogP contribution in [0.3, 0.4) is 0 Å². The fraction of sp³-hybridized carbons (Fsp3) is 0.444. The first kappa shape index (κ1) is 13.4. The topological polar surface area (TPSA) is 33.4 Å². The molecule has 0 spiro atoms. The minimum absolute atomic E-state index is 0.621. The Balaban J connectivity index is 2.01. The van der Waals surface area contributed by atoms with Gasteiger partial charge in [0, 0.05) is 12.0 Å². The zero-order chi connectivity index (χ0) is 14.2. The van der Waals surface area contributed by atoms with E-state index in [2.05, 4.69) is 32.0 Å². The number of benzene rings is 1. The molecule has 0 saturated heterocycles. The van der Waals surface area contributed by atoms with Gasteiger partial charge in [0.05, 0.1) is 6.26 Å². The molecule has 3 rings (SSSR count). The zero-order valence-electron chi connectivity index (χ0n) is 12.2. The van der Waals surface area contributed by atoms with E-state index in [9.17, 15) is 5.11 Å². The highest BCUT2D eigenvalue weighted by Crippen LogP contribution is 2.41. The average Bonchev–Trinajstić information content (AvgIpc) is 2.88. The van der Waals surface area contributed by atoms with Crippen LogP contribution in [0.2, 0.25) is 0 Å². The second-order valence-electron chi connectivity index (χ2n) is 6.27. The second-order valence-corrected chi connectivity index (χ2v) is 6.27. The fourth-order valence-electron chi connectivity index (χ4n) is 3.27. The van der Waals surface area contributed by atoms with Crippen molar-refractivity contribution < 1.29 is 9.52 Å². The lowest BCUT2D eigenvalue weighted by molar-refractivity contribution is 0.0588. The fourth-order valence-corrected chi connectivity index (χ4v) is 3.27. The molecule has 0 saturated carbocycles. The van der Waals surface area contributed by atoms with E-state index in [0.29, 0.717) is 5.92 Å². The summed E-state index contributed by atoms with van der Waals surface area (Å²) in [7, 11) is 0. The van der Waals surface area contributed by atoms with Crippen molar-refractivity contribution in [2.24, 2.45) is 5.92 Å². The van der Waals surface area contributed by atoms with Crippen molar-refractivity contribution in [1.29, 1.82) is 0 Å². The molecule has 2 nitrogen and oxygen atoms in total. The Hall–Kier alpha value is -1.54. The Morgan fingerprint density at radius 3 is 2.95 bits per heavy atom. The SMILES string of the molecule is CC(C)Cc1cccc(C2(O)CCCc3occc32)c1. The van der Waals surface area contributed by atoms with Crippen LogP contribution < -0.4 is 0 Å². The molecule has 0 fully saturated rings. The van der Waals surface area contributed by atoms with Gasteiger partial charge in [0.2, 0.25) is 0 Å². The van der Waals surface area contributed by atoms with Gasteiger partial charge in [-0.1, -0.05) is 38.1 Å². The van der Waals surface area contributed by atoms with Crippen molar-refractivity contribution in [3.63, 3.8) is 0 Å². The molecule has 1 heterocycles. The van der Waals surface area contributed by atoms with Crippen LogP contribution in [0.4, 0.5) is 0 Å². The smallest absolute Gasteiger partial charge is 0.118 e. The maximum Gasteiger partial charge on any atom is 0.118 e. The number of fused-ring (bicyclic) bond motifs is 1. The predicted molar refractivity (Wildman–Crippen MR) is 79.6 cm³/mol. The largest absolute Gasteiger partial charge is 0.469 e. The molecule has 106 valence electrons. The first-order valence-corrected chi connectivity index (χ1v) is 7.48. The van der Waals surface area contributed by atoms with Crippen LogP contribution in [0.1, 0.15) is 49.1 Å². The van der Waals surface area contributed by atoms with Crippen molar-refractivity contribution in [3.05, 3.63) is 59.0 Å². The average molecular weight is 270 g/mol. The van der Waals surface area contributed by atoms with Crippen molar-refractivity contribution >= 4 is 0 Å². The molecule has 0 bridgehead atoms. The highest BCUT2D eigenvalue weighted by Gasteiger charge is 2.37. The Morgan fingerprint density at radius 2 is 2.15 bits per heavy atom. The standard InChI is InChI=1S/C18H22O2/c1-13(2)11-14-5-3-6-15(12-14)18(19)9-4-7-17-16(18)8-10-20-17/h3,5-6,8,10,12-13,19H,4,7,9,11H2,1-2H3. The van der Waals surface area contributed by atoms with Crippen molar-refractivity contribution in [2.75, 3.05) is 0 Å². The molecular formula is C18H22O2. The summed E-state index contributed by atoms with van der Waals surface area (Å²) in [6.45, 7) is 4.44. The summed E-state index contributed by atoms with van der Waals surface area (Å²) in [6, 6.07) is 10.3. The number of aliphatic hydroxyl groups is 1. The van der Waals surface area contributed by atoms with Crippen LogP contribution in [-0.4, -0.2) is 5.11 Å². The van der Waals surface area contributed by atoms with E-state index in [1.807, 2.05) is 12.1 Å². The van der Waals surface area contributed by atoms with Gasteiger partial charge in [0.15, 0.2) is 0 Å². The molecule has 0 aliphatic heterocycles. The summed E-state index contributed by atoms with van der Waals surface area (Å²) in [5.41, 5.74) is 2.36. The van der Waals surface area contributed by atoms with Crippen LogP contribution >= 0.6 is 0 Å². The summed E-state index contributed by atoms with van der Waals surface area (Å²) >= 11 is 0. The summed E-state index contributed by atoms with van der Waals surface area (Å²) in [5.74, 6) is 1.56. The van der Waals surface area contributed by atoms with Gasteiger partial charge in [0.25, 0.3) is 0 Å². The summed E-state index contributed by atoms with van der Waals surface area (Å²) in [4.78, 5) is 0. The quantitative estimate of drug-likeness (QED) is 0.912.